The van der Waals surface area contributed by atoms with E-state index in [4.69, 9.17) is 5.41 Å². The molecule has 0 heterocycles. The number of nitrogens with one attached hydrogen (secondary N) is 1. The fourth-order valence-electron chi connectivity index (χ4n) is 6.20. The van der Waals surface area contributed by atoms with Gasteiger partial charge in [0.2, 0.25) is 0 Å². The van der Waals surface area contributed by atoms with Crippen molar-refractivity contribution in [3.8, 4) is 0 Å². The van der Waals surface area contributed by atoms with Crippen LogP contribution in [0.3, 0.4) is 0 Å². The van der Waals surface area contributed by atoms with Gasteiger partial charge in [0.1, 0.15) is 0 Å². The summed E-state index contributed by atoms with van der Waals surface area (Å²) in [4.78, 5) is 11.7. The quantitative estimate of drug-likeness (QED) is 0.708. The Morgan fingerprint density at radius 1 is 1.23 bits per heavy atom. The highest BCUT2D eigenvalue weighted by atomic mass is 16.1. The number of allylic oxidation sites excluding steroid dienone is 4. The summed E-state index contributed by atoms with van der Waals surface area (Å²) >= 11 is 0. The van der Waals surface area contributed by atoms with E-state index in [2.05, 4.69) is 26.0 Å². The van der Waals surface area contributed by atoms with Crippen LogP contribution in [0.15, 0.2) is 23.8 Å². The molecule has 0 unspecified atom stereocenters. The molecule has 0 aromatic carbocycles. The fraction of sp³-hybridized carbons (Fsp3) is 0.700. The largest absolute Gasteiger partial charge is 0.313 e. The van der Waals surface area contributed by atoms with Gasteiger partial charge in [-0.2, -0.15) is 0 Å². The Balaban J connectivity index is 1.71. The molecule has 4 aliphatic rings. The van der Waals surface area contributed by atoms with Gasteiger partial charge in [-0.05, 0) is 72.8 Å². The van der Waals surface area contributed by atoms with Crippen molar-refractivity contribution in [3.63, 3.8) is 0 Å². The van der Waals surface area contributed by atoms with Crippen molar-refractivity contribution in [3.05, 3.63) is 23.8 Å². The summed E-state index contributed by atoms with van der Waals surface area (Å²) in [6, 6.07) is 0. The Hall–Kier alpha value is -1.18. The molecule has 4 rings (SSSR count). The molecule has 0 bridgehead atoms. The molecule has 0 saturated heterocycles. The number of ketones is 1. The first-order chi connectivity index (χ1) is 10.5. The van der Waals surface area contributed by atoms with E-state index in [9.17, 15) is 4.79 Å². The average molecular weight is 297 g/mol. The average Bonchev–Trinajstić information content (AvgIpc) is 2.79. The van der Waals surface area contributed by atoms with Crippen LogP contribution in [-0.2, 0) is 4.79 Å². The molecular weight excluding hydrogens is 270 g/mol. The summed E-state index contributed by atoms with van der Waals surface area (Å²) in [5.74, 6) is 3.04. The molecule has 22 heavy (non-hydrogen) atoms. The second kappa shape index (κ2) is 4.66. The van der Waals surface area contributed by atoms with Crippen LogP contribution in [-0.4, -0.2) is 12.0 Å². The molecule has 0 amide bonds. The monoisotopic (exact) mass is 297 g/mol. The van der Waals surface area contributed by atoms with Crippen LogP contribution < -0.4 is 0 Å². The summed E-state index contributed by atoms with van der Waals surface area (Å²) in [5.41, 5.74) is 1.66. The summed E-state index contributed by atoms with van der Waals surface area (Å²) in [5, 5.41) is 7.96. The van der Waals surface area contributed by atoms with Crippen molar-refractivity contribution >= 4 is 12.0 Å². The standard InChI is InChI=1S/C20H27NO/c1-19(12-21)9-8-18-17-5-3-13-11-14(22)4-6-15(13)16(17)7-10-20(18,19)2/h3,5,11-12,15-18,21H,4,6-10H2,1-2H3/t15-,16+,17+,18-,19+,20-/m0/s1. The topological polar surface area (TPSA) is 40.9 Å². The van der Waals surface area contributed by atoms with Gasteiger partial charge in [0.25, 0.3) is 0 Å². The normalized spacial score (nSPS) is 49.9. The lowest BCUT2D eigenvalue weighted by Crippen LogP contribution is -2.48. The van der Waals surface area contributed by atoms with Crippen molar-refractivity contribution in [1.29, 1.82) is 5.41 Å². The maximum absolute atomic E-state index is 11.7. The SMILES string of the molecule is C[C@]1(C=N)CC[C@H]2[C@@H]3C=CC4=CC(=O)CC[C@@H]4[C@H]3CC[C@@]21C. The first-order valence-corrected chi connectivity index (χ1v) is 8.93. The minimum absolute atomic E-state index is 0.0785. The lowest BCUT2D eigenvalue weighted by molar-refractivity contribution is -0.115. The number of hydrogen-bond donors (Lipinski definition) is 1. The summed E-state index contributed by atoms with van der Waals surface area (Å²) < 4.78 is 0. The predicted molar refractivity (Wildman–Crippen MR) is 88.9 cm³/mol. The van der Waals surface area contributed by atoms with Crippen LogP contribution in [0.2, 0.25) is 0 Å². The van der Waals surface area contributed by atoms with E-state index in [0.717, 1.165) is 18.8 Å². The molecule has 118 valence electrons. The zero-order chi connectivity index (χ0) is 15.5. The lowest BCUT2D eigenvalue weighted by atomic mass is 9.50. The minimum atomic E-state index is 0.0785. The minimum Gasteiger partial charge on any atom is -0.313 e. The number of hydrogen-bond acceptors (Lipinski definition) is 2. The molecule has 1 N–H and O–H groups in total. The van der Waals surface area contributed by atoms with Crippen LogP contribution in [0, 0.1) is 39.9 Å². The molecule has 4 aliphatic carbocycles. The van der Waals surface area contributed by atoms with Crippen LogP contribution in [0.5, 0.6) is 0 Å². The van der Waals surface area contributed by atoms with Crippen molar-refractivity contribution in [2.24, 2.45) is 34.5 Å². The first kappa shape index (κ1) is 14.4. The molecule has 0 aromatic rings. The Kier molecular flexibility index (Phi) is 3.05. The highest BCUT2D eigenvalue weighted by Gasteiger charge is 2.59. The van der Waals surface area contributed by atoms with Crippen molar-refractivity contribution in [2.75, 3.05) is 0 Å². The van der Waals surface area contributed by atoms with Gasteiger partial charge in [-0.3, -0.25) is 4.79 Å². The zero-order valence-corrected chi connectivity index (χ0v) is 13.8. The van der Waals surface area contributed by atoms with Gasteiger partial charge in [0, 0.05) is 18.1 Å². The highest BCUT2D eigenvalue weighted by Crippen LogP contribution is 2.66. The Bertz CT molecular complexity index is 589. The third-order valence-corrected chi connectivity index (χ3v) is 7.86. The molecule has 6 atom stereocenters. The summed E-state index contributed by atoms with van der Waals surface area (Å²) in [6.07, 6.45) is 15.1. The third kappa shape index (κ3) is 1.73. The fourth-order valence-corrected chi connectivity index (χ4v) is 6.20. The maximum atomic E-state index is 11.7. The van der Waals surface area contributed by atoms with Gasteiger partial charge in [-0.15, -0.1) is 0 Å². The molecule has 2 fully saturated rings. The second-order valence-electron chi connectivity index (χ2n) is 8.52. The van der Waals surface area contributed by atoms with Crippen molar-refractivity contribution in [1.82, 2.24) is 0 Å². The van der Waals surface area contributed by atoms with Crippen LogP contribution in [0.25, 0.3) is 0 Å². The van der Waals surface area contributed by atoms with E-state index in [-0.39, 0.29) is 10.8 Å². The molecule has 2 heteroatoms. The van der Waals surface area contributed by atoms with Crippen molar-refractivity contribution in [2.45, 2.75) is 52.4 Å². The van der Waals surface area contributed by atoms with Gasteiger partial charge in [-0.1, -0.05) is 26.0 Å². The van der Waals surface area contributed by atoms with E-state index in [1.807, 2.05) is 6.08 Å². The smallest absolute Gasteiger partial charge is 0.155 e. The third-order valence-electron chi connectivity index (χ3n) is 7.86. The maximum Gasteiger partial charge on any atom is 0.155 e. The molecule has 2 saturated carbocycles. The molecular formula is C20H27NO. The molecule has 0 spiro atoms. The van der Waals surface area contributed by atoms with Gasteiger partial charge >= 0.3 is 0 Å². The number of fused-ring (bicyclic) bond motifs is 5. The van der Waals surface area contributed by atoms with Gasteiger partial charge < -0.3 is 5.41 Å². The highest BCUT2D eigenvalue weighted by molar-refractivity contribution is 5.91. The molecule has 0 radical (unpaired) electrons. The molecule has 0 aromatic heterocycles. The Morgan fingerprint density at radius 2 is 2.05 bits per heavy atom. The van der Waals surface area contributed by atoms with E-state index < -0.39 is 0 Å². The number of rotatable bonds is 1. The lowest BCUT2D eigenvalue weighted by Gasteiger charge is -2.54. The van der Waals surface area contributed by atoms with Gasteiger partial charge in [0.05, 0.1) is 0 Å². The van der Waals surface area contributed by atoms with Crippen LogP contribution >= 0.6 is 0 Å². The first-order valence-electron chi connectivity index (χ1n) is 8.93. The van der Waals surface area contributed by atoms with E-state index in [1.165, 1.54) is 31.3 Å². The van der Waals surface area contributed by atoms with Gasteiger partial charge in [-0.25, -0.2) is 0 Å². The number of carbonyl (C=O) groups is 1. The Morgan fingerprint density at radius 3 is 2.82 bits per heavy atom. The van der Waals surface area contributed by atoms with E-state index >= 15 is 0 Å². The number of carbonyl (C=O) groups excluding carboxylic acids is 1. The second-order valence-corrected chi connectivity index (χ2v) is 8.52. The molecule has 2 nitrogen and oxygen atoms in total. The van der Waals surface area contributed by atoms with Gasteiger partial charge in [0.15, 0.2) is 5.78 Å². The van der Waals surface area contributed by atoms with E-state index in [1.54, 1.807) is 6.21 Å². The zero-order valence-electron chi connectivity index (χ0n) is 13.8. The summed E-state index contributed by atoms with van der Waals surface area (Å²) in [6.45, 7) is 4.74. The van der Waals surface area contributed by atoms with Crippen LogP contribution in [0.1, 0.15) is 52.4 Å². The van der Waals surface area contributed by atoms with Crippen LogP contribution in [0.4, 0.5) is 0 Å². The van der Waals surface area contributed by atoms with Crippen molar-refractivity contribution < 1.29 is 4.79 Å². The Labute approximate surface area is 133 Å². The van der Waals surface area contributed by atoms with E-state index in [0.29, 0.717) is 23.5 Å². The predicted octanol–water partition coefficient (Wildman–Crippen LogP) is 4.56. The summed E-state index contributed by atoms with van der Waals surface area (Å²) in [7, 11) is 0. The molecule has 0 aliphatic heterocycles.